The molecule has 1 amide bonds. The van der Waals surface area contributed by atoms with Crippen LogP contribution in [0.3, 0.4) is 0 Å². The highest BCUT2D eigenvalue weighted by Gasteiger charge is 2.19. The number of carbonyl (C=O) groups excluding carboxylic acids is 1. The Morgan fingerprint density at radius 2 is 1.81 bits per heavy atom. The smallest absolute Gasteiger partial charge is 0.274 e. The predicted octanol–water partition coefficient (Wildman–Crippen LogP) is 2.77. The fourth-order valence-electron chi connectivity index (χ4n) is 3.17. The summed E-state index contributed by atoms with van der Waals surface area (Å²) in [6.07, 6.45) is 4.12. The molecule has 27 heavy (non-hydrogen) atoms. The number of benzene rings is 1. The minimum atomic E-state index is -0.0286. The van der Waals surface area contributed by atoms with Crippen molar-refractivity contribution in [2.45, 2.75) is 25.7 Å². The SMILES string of the molecule is COc1ccc(CCNc2ccc(C(=O)N3CCCCC3)nn2)cc1OC. The lowest BCUT2D eigenvalue weighted by molar-refractivity contribution is 0.0717. The molecule has 1 fully saturated rings. The zero-order valence-electron chi connectivity index (χ0n) is 15.9. The second-order valence-corrected chi connectivity index (χ2v) is 6.52. The number of piperidine rings is 1. The molecule has 7 heteroatoms. The highest BCUT2D eigenvalue weighted by molar-refractivity contribution is 5.92. The van der Waals surface area contributed by atoms with E-state index in [9.17, 15) is 4.79 Å². The molecule has 3 rings (SSSR count). The van der Waals surface area contributed by atoms with E-state index in [1.54, 1.807) is 26.4 Å². The van der Waals surface area contributed by atoms with Crippen LogP contribution < -0.4 is 14.8 Å². The summed E-state index contributed by atoms with van der Waals surface area (Å²) in [4.78, 5) is 14.3. The van der Waals surface area contributed by atoms with Crippen LogP contribution in [0.25, 0.3) is 0 Å². The molecule has 0 radical (unpaired) electrons. The lowest BCUT2D eigenvalue weighted by Gasteiger charge is -2.26. The first kappa shape index (κ1) is 18.9. The van der Waals surface area contributed by atoms with E-state index in [4.69, 9.17) is 9.47 Å². The standard InChI is InChI=1S/C20H26N4O3/c1-26-17-8-6-15(14-18(17)27-2)10-11-21-19-9-7-16(22-23-19)20(25)24-12-4-3-5-13-24/h6-9,14H,3-5,10-13H2,1-2H3,(H,21,23). The van der Waals surface area contributed by atoms with E-state index in [2.05, 4.69) is 15.5 Å². The number of aromatic nitrogens is 2. The number of likely N-dealkylation sites (tertiary alicyclic amines) is 1. The molecule has 7 nitrogen and oxygen atoms in total. The highest BCUT2D eigenvalue weighted by Crippen LogP contribution is 2.27. The van der Waals surface area contributed by atoms with Crippen molar-refractivity contribution in [3.63, 3.8) is 0 Å². The van der Waals surface area contributed by atoms with Gasteiger partial charge in [0.15, 0.2) is 17.2 Å². The first-order chi connectivity index (χ1) is 13.2. The normalized spacial score (nSPS) is 13.9. The quantitative estimate of drug-likeness (QED) is 0.808. The third-order valence-corrected chi connectivity index (χ3v) is 4.69. The van der Waals surface area contributed by atoms with Crippen molar-refractivity contribution in [1.29, 1.82) is 0 Å². The van der Waals surface area contributed by atoms with Gasteiger partial charge in [0, 0.05) is 19.6 Å². The van der Waals surface area contributed by atoms with Crippen LogP contribution in [0.4, 0.5) is 5.82 Å². The fourth-order valence-corrected chi connectivity index (χ4v) is 3.17. The van der Waals surface area contributed by atoms with Gasteiger partial charge in [-0.1, -0.05) is 6.07 Å². The van der Waals surface area contributed by atoms with E-state index in [0.29, 0.717) is 23.8 Å². The molecule has 2 aromatic rings. The maximum atomic E-state index is 12.4. The second kappa shape index (κ2) is 9.21. The number of carbonyl (C=O) groups is 1. The third-order valence-electron chi connectivity index (χ3n) is 4.69. The summed E-state index contributed by atoms with van der Waals surface area (Å²) < 4.78 is 10.6. The van der Waals surface area contributed by atoms with Gasteiger partial charge in [0.05, 0.1) is 14.2 Å². The molecule has 0 spiro atoms. The van der Waals surface area contributed by atoms with Crippen molar-refractivity contribution in [3.05, 3.63) is 41.6 Å². The molecule has 0 saturated carbocycles. The molecule has 1 N–H and O–H groups in total. The van der Waals surface area contributed by atoms with Crippen LogP contribution >= 0.6 is 0 Å². The Kier molecular flexibility index (Phi) is 6.46. The molecule has 1 aromatic heterocycles. The van der Waals surface area contributed by atoms with Crippen molar-refractivity contribution < 1.29 is 14.3 Å². The number of ether oxygens (including phenoxy) is 2. The minimum absolute atomic E-state index is 0.0286. The number of nitrogens with one attached hydrogen (secondary N) is 1. The molecule has 144 valence electrons. The van der Waals surface area contributed by atoms with Crippen molar-refractivity contribution in [2.75, 3.05) is 39.2 Å². The van der Waals surface area contributed by atoms with Gasteiger partial charge in [0.1, 0.15) is 5.82 Å². The minimum Gasteiger partial charge on any atom is -0.493 e. The zero-order chi connectivity index (χ0) is 19.1. The molecule has 1 saturated heterocycles. The lowest BCUT2D eigenvalue weighted by Crippen LogP contribution is -2.36. The Hall–Kier alpha value is -2.83. The summed E-state index contributed by atoms with van der Waals surface area (Å²) in [5.74, 6) is 2.06. The van der Waals surface area contributed by atoms with Crippen LogP contribution in [0.5, 0.6) is 11.5 Å². The maximum Gasteiger partial charge on any atom is 0.274 e. The Balaban J connectivity index is 1.52. The maximum absolute atomic E-state index is 12.4. The van der Waals surface area contributed by atoms with Crippen LogP contribution in [0.15, 0.2) is 30.3 Å². The Morgan fingerprint density at radius 1 is 1.04 bits per heavy atom. The summed E-state index contributed by atoms with van der Waals surface area (Å²) in [7, 11) is 3.25. The Bertz CT molecular complexity index is 758. The summed E-state index contributed by atoms with van der Waals surface area (Å²) in [5, 5.41) is 11.5. The monoisotopic (exact) mass is 370 g/mol. The van der Waals surface area contributed by atoms with Crippen molar-refractivity contribution in [1.82, 2.24) is 15.1 Å². The van der Waals surface area contributed by atoms with Crippen LogP contribution in [-0.2, 0) is 6.42 Å². The molecule has 0 atom stereocenters. The first-order valence-corrected chi connectivity index (χ1v) is 9.29. The van der Waals surface area contributed by atoms with E-state index in [1.165, 1.54) is 6.42 Å². The largest absolute Gasteiger partial charge is 0.493 e. The van der Waals surface area contributed by atoms with Gasteiger partial charge in [-0.3, -0.25) is 4.79 Å². The van der Waals surface area contributed by atoms with Crippen LogP contribution in [0, 0.1) is 0 Å². The Morgan fingerprint density at radius 3 is 2.48 bits per heavy atom. The molecule has 1 aliphatic rings. The van der Waals surface area contributed by atoms with Crippen LogP contribution in [0.1, 0.15) is 35.3 Å². The van der Waals surface area contributed by atoms with Gasteiger partial charge in [0.2, 0.25) is 0 Å². The number of rotatable bonds is 7. The molecule has 1 aromatic carbocycles. The van der Waals surface area contributed by atoms with E-state index < -0.39 is 0 Å². The van der Waals surface area contributed by atoms with Gasteiger partial charge in [-0.2, -0.15) is 0 Å². The van der Waals surface area contributed by atoms with E-state index >= 15 is 0 Å². The highest BCUT2D eigenvalue weighted by atomic mass is 16.5. The molecular formula is C20H26N4O3. The summed E-state index contributed by atoms with van der Waals surface area (Å²) in [6.45, 7) is 2.32. The van der Waals surface area contributed by atoms with Gasteiger partial charge in [-0.05, 0) is 55.5 Å². The van der Waals surface area contributed by atoms with E-state index in [1.807, 2.05) is 23.1 Å². The average molecular weight is 370 g/mol. The van der Waals surface area contributed by atoms with Crippen LogP contribution in [-0.4, -0.2) is 54.9 Å². The summed E-state index contributed by atoms with van der Waals surface area (Å²) >= 11 is 0. The molecular weight excluding hydrogens is 344 g/mol. The number of anilines is 1. The van der Waals surface area contributed by atoms with Crippen molar-refractivity contribution in [3.8, 4) is 11.5 Å². The second-order valence-electron chi connectivity index (χ2n) is 6.52. The lowest BCUT2D eigenvalue weighted by atomic mass is 10.1. The van der Waals surface area contributed by atoms with Crippen LogP contribution in [0.2, 0.25) is 0 Å². The third kappa shape index (κ3) is 4.87. The first-order valence-electron chi connectivity index (χ1n) is 9.29. The molecule has 2 heterocycles. The number of hydrogen-bond acceptors (Lipinski definition) is 6. The summed E-state index contributed by atoms with van der Waals surface area (Å²) in [5.41, 5.74) is 1.53. The summed E-state index contributed by atoms with van der Waals surface area (Å²) in [6, 6.07) is 9.41. The molecule has 0 unspecified atom stereocenters. The number of methoxy groups -OCH3 is 2. The number of amides is 1. The van der Waals surface area contributed by atoms with Gasteiger partial charge >= 0.3 is 0 Å². The fraction of sp³-hybridized carbons (Fsp3) is 0.450. The number of nitrogens with zero attached hydrogens (tertiary/aromatic N) is 3. The Labute approximate surface area is 159 Å². The molecule has 1 aliphatic heterocycles. The van der Waals surface area contributed by atoms with E-state index in [-0.39, 0.29) is 5.91 Å². The molecule has 0 aliphatic carbocycles. The van der Waals surface area contributed by atoms with E-state index in [0.717, 1.165) is 43.7 Å². The van der Waals surface area contributed by atoms with Gasteiger partial charge in [-0.15, -0.1) is 10.2 Å². The number of hydrogen-bond donors (Lipinski definition) is 1. The van der Waals surface area contributed by atoms with Gasteiger partial charge in [-0.25, -0.2) is 0 Å². The average Bonchev–Trinajstić information content (AvgIpc) is 2.74. The molecule has 0 bridgehead atoms. The van der Waals surface area contributed by atoms with Crippen molar-refractivity contribution in [2.24, 2.45) is 0 Å². The topological polar surface area (TPSA) is 76.6 Å². The van der Waals surface area contributed by atoms with Gasteiger partial charge in [0.25, 0.3) is 5.91 Å². The van der Waals surface area contributed by atoms with Crippen molar-refractivity contribution >= 4 is 11.7 Å². The zero-order valence-corrected chi connectivity index (χ0v) is 15.9. The predicted molar refractivity (Wildman–Crippen MR) is 104 cm³/mol. The van der Waals surface area contributed by atoms with Gasteiger partial charge < -0.3 is 19.7 Å².